The summed E-state index contributed by atoms with van der Waals surface area (Å²) >= 11 is 0. The molecular weight excluding hydrogens is 746 g/mol. The van der Waals surface area contributed by atoms with Gasteiger partial charge in [-0.3, -0.25) is 14.4 Å². The molecule has 3 aliphatic rings. The van der Waals surface area contributed by atoms with Gasteiger partial charge in [0.25, 0.3) is 5.56 Å². The molecule has 0 saturated heterocycles. The van der Waals surface area contributed by atoms with Crippen LogP contribution in [0.15, 0.2) is 29.1 Å². The summed E-state index contributed by atoms with van der Waals surface area (Å²) in [5, 5.41) is 3.54. The highest BCUT2D eigenvalue weighted by molar-refractivity contribution is 5.91. The van der Waals surface area contributed by atoms with E-state index >= 15 is 0 Å². The maximum absolute atomic E-state index is 14.2. The van der Waals surface area contributed by atoms with Crippen molar-refractivity contribution in [3.05, 3.63) is 56.9 Å². The lowest BCUT2D eigenvalue weighted by Crippen LogP contribution is -2.48. The lowest BCUT2D eigenvalue weighted by molar-refractivity contribution is -0.189. The minimum absolute atomic E-state index is 0.0413. The number of carbonyl (C=O) groups is 5. The number of hydrogen-bond acceptors (Lipinski definition) is 12. The first-order chi connectivity index (χ1) is 27.3. The summed E-state index contributed by atoms with van der Waals surface area (Å²) in [5.41, 5.74) is -0.121. The van der Waals surface area contributed by atoms with Gasteiger partial charge in [0.15, 0.2) is 0 Å². The van der Waals surface area contributed by atoms with E-state index in [1.807, 2.05) is 6.92 Å². The third kappa shape index (κ3) is 9.05. The van der Waals surface area contributed by atoms with Crippen LogP contribution in [-0.2, 0) is 63.3 Å². The van der Waals surface area contributed by atoms with Gasteiger partial charge >= 0.3 is 24.1 Å². The highest BCUT2D eigenvalue weighted by Crippen LogP contribution is 2.42. The number of fused-ring (bicyclic) bond motifs is 5. The lowest BCUT2D eigenvalue weighted by Gasteiger charge is -2.35. The average molecular weight is 802 g/mol. The number of cyclic esters (lactones) is 1. The Morgan fingerprint density at radius 1 is 0.948 bits per heavy atom. The third-order valence-electron chi connectivity index (χ3n) is 10.9. The van der Waals surface area contributed by atoms with Gasteiger partial charge in [-0.1, -0.05) is 46.0 Å². The van der Waals surface area contributed by atoms with Crippen molar-refractivity contribution in [2.24, 2.45) is 5.92 Å². The number of esters is 3. The van der Waals surface area contributed by atoms with Gasteiger partial charge in [0, 0.05) is 22.9 Å². The largest absolute Gasteiger partial charge is 0.514 e. The fourth-order valence-corrected chi connectivity index (χ4v) is 8.20. The van der Waals surface area contributed by atoms with Crippen LogP contribution in [-0.4, -0.2) is 56.8 Å². The highest BCUT2D eigenvalue weighted by Gasteiger charge is 2.50. The molecule has 4 heterocycles. The zero-order valence-electron chi connectivity index (χ0n) is 34.8. The summed E-state index contributed by atoms with van der Waals surface area (Å²) in [4.78, 5) is 85.1. The Morgan fingerprint density at radius 2 is 1.66 bits per heavy atom. The number of aromatic nitrogens is 2. The molecule has 312 valence electrons. The Hall–Kier alpha value is -5.27. The van der Waals surface area contributed by atoms with Gasteiger partial charge in [0.2, 0.25) is 11.5 Å². The SMILES string of the molecule is CCc1c2c(nc3ccc(OC(=O)OC(C)(C)C)cc13)-c1cc3c(c(=O)n1C2)COC(=O)[C@@]3(CC)OC(=O)CCC(=O)N[C@@H](CC1CCCCC1)C(=O)OC(C)(C)C. The van der Waals surface area contributed by atoms with Crippen molar-refractivity contribution in [3.63, 3.8) is 0 Å². The number of benzene rings is 1. The molecule has 6 rings (SSSR count). The quantitative estimate of drug-likeness (QED) is 0.0927. The van der Waals surface area contributed by atoms with Crippen molar-refractivity contribution in [1.82, 2.24) is 14.9 Å². The smallest absolute Gasteiger partial charge is 0.458 e. The number of aryl methyl sites for hydroxylation is 1. The van der Waals surface area contributed by atoms with Crippen molar-refractivity contribution < 1.29 is 47.7 Å². The van der Waals surface area contributed by atoms with Crippen molar-refractivity contribution in [3.8, 4) is 17.1 Å². The number of nitrogens with one attached hydrogen (secondary N) is 1. The fourth-order valence-electron chi connectivity index (χ4n) is 8.20. The van der Waals surface area contributed by atoms with E-state index in [1.54, 1.807) is 77.3 Å². The molecule has 2 aliphatic heterocycles. The Morgan fingerprint density at radius 3 is 2.31 bits per heavy atom. The number of pyridine rings is 2. The second-order valence-electron chi connectivity index (χ2n) is 17.5. The van der Waals surface area contributed by atoms with Crippen LogP contribution >= 0.6 is 0 Å². The van der Waals surface area contributed by atoms with Crippen LogP contribution in [0.3, 0.4) is 0 Å². The van der Waals surface area contributed by atoms with E-state index in [0.29, 0.717) is 29.7 Å². The molecule has 2 atom stereocenters. The normalized spacial score (nSPS) is 18.3. The Bertz CT molecular complexity index is 2190. The molecule has 3 aromatic rings. The molecule has 14 heteroatoms. The summed E-state index contributed by atoms with van der Waals surface area (Å²) in [6.45, 7) is 14.1. The van der Waals surface area contributed by atoms with Crippen LogP contribution in [0, 0.1) is 5.92 Å². The first kappa shape index (κ1) is 42.3. The van der Waals surface area contributed by atoms with Crippen LogP contribution in [0.2, 0.25) is 0 Å². The molecular formula is C44H55N3O11. The van der Waals surface area contributed by atoms with Gasteiger partial charge in [0.05, 0.1) is 35.4 Å². The van der Waals surface area contributed by atoms with Crippen LogP contribution < -0.4 is 15.6 Å². The third-order valence-corrected chi connectivity index (χ3v) is 10.9. The van der Waals surface area contributed by atoms with Crippen LogP contribution in [0.4, 0.5) is 4.79 Å². The zero-order valence-corrected chi connectivity index (χ0v) is 34.8. The van der Waals surface area contributed by atoms with Crippen LogP contribution in [0.1, 0.15) is 135 Å². The number of hydrogen-bond donors (Lipinski definition) is 1. The second-order valence-corrected chi connectivity index (χ2v) is 17.5. The molecule has 1 N–H and O–H groups in total. The standard InChI is InChI=1S/C44H55N3O11/c1-9-27-28-21-26(55-41(53)58-43(6,7)8)16-17-32(28)46-37-29(27)23-47-34(37)22-31-30(38(47)50)24-54-40(52)44(31,10-2)56-36(49)19-18-35(48)45-33(39(51)57-42(3,4)5)20-25-14-12-11-13-15-25/h16-17,21-22,25,33H,9-15,18-20,23-24H2,1-8H3,(H,45,48)/t33-,44-/m0/s1. The molecule has 0 bridgehead atoms. The summed E-state index contributed by atoms with van der Waals surface area (Å²) in [6.07, 6.45) is 4.69. The van der Waals surface area contributed by atoms with Crippen LogP contribution in [0.25, 0.3) is 22.3 Å². The number of rotatable bonds is 11. The molecule has 1 amide bonds. The molecule has 1 fully saturated rings. The van der Waals surface area contributed by atoms with Crippen LogP contribution in [0.5, 0.6) is 5.75 Å². The van der Waals surface area contributed by atoms with Gasteiger partial charge in [-0.05, 0) is 96.6 Å². The van der Waals surface area contributed by atoms with E-state index < -0.39 is 58.4 Å². The molecule has 0 unspecified atom stereocenters. The Kier molecular flexibility index (Phi) is 12.1. The second kappa shape index (κ2) is 16.5. The molecule has 58 heavy (non-hydrogen) atoms. The predicted molar refractivity (Wildman–Crippen MR) is 213 cm³/mol. The Labute approximate surface area is 338 Å². The molecule has 0 radical (unpaired) electrons. The minimum atomic E-state index is -1.95. The maximum Gasteiger partial charge on any atom is 0.514 e. The summed E-state index contributed by atoms with van der Waals surface area (Å²) < 4.78 is 29.4. The van der Waals surface area contributed by atoms with Gasteiger partial charge in [-0.15, -0.1) is 0 Å². The van der Waals surface area contributed by atoms with Gasteiger partial charge in [-0.25, -0.2) is 19.4 Å². The summed E-state index contributed by atoms with van der Waals surface area (Å²) in [7, 11) is 0. The molecule has 2 aromatic heterocycles. The monoisotopic (exact) mass is 801 g/mol. The Balaban J connectivity index is 1.24. The lowest BCUT2D eigenvalue weighted by atomic mass is 9.84. The van der Waals surface area contributed by atoms with Crippen molar-refractivity contribution in [1.29, 1.82) is 0 Å². The molecule has 1 saturated carbocycles. The molecule has 1 aliphatic carbocycles. The van der Waals surface area contributed by atoms with E-state index in [-0.39, 0.29) is 55.2 Å². The average Bonchev–Trinajstić information content (AvgIpc) is 3.51. The number of amides is 1. The van der Waals surface area contributed by atoms with E-state index in [1.165, 1.54) is 0 Å². The van der Waals surface area contributed by atoms with E-state index in [9.17, 15) is 28.8 Å². The predicted octanol–water partition coefficient (Wildman–Crippen LogP) is 7.08. The summed E-state index contributed by atoms with van der Waals surface area (Å²) in [6, 6.07) is 5.89. The number of carbonyl (C=O) groups excluding carboxylic acids is 5. The first-order valence-corrected chi connectivity index (χ1v) is 20.4. The summed E-state index contributed by atoms with van der Waals surface area (Å²) in [5.74, 6) is -2.15. The van der Waals surface area contributed by atoms with E-state index in [0.717, 1.165) is 48.6 Å². The van der Waals surface area contributed by atoms with Gasteiger partial charge in [0.1, 0.15) is 29.6 Å². The molecule has 1 aromatic carbocycles. The van der Waals surface area contributed by atoms with Crippen molar-refractivity contribution in [2.45, 2.75) is 156 Å². The van der Waals surface area contributed by atoms with Gasteiger partial charge in [-0.2, -0.15) is 0 Å². The highest BCUT2D eigenvalue weighted by atomic mass is 16.7. The fraction of sp³-hybridized carbons (Fsp3) is 0.568. The van der Waals surface area contributed by atoms with Gasteiger partial charge < -0.3 is 33.6 Å². The van der Waals surface area contributed by atoms with Crippen molar-refractivity contribution >= 4 is 40.9 Å². The number of ether oxygens (including phenoxy) is 5. The van der Waals surface area contributed by atoms with E-state index in [2.05, 4.69) is 5.32 Å². The maximum atomic E-state index is 14.2. The molecule has 14 nitrogen and oxygen atoms in total. The topological polar surface area (TPSA) is 178 Å². The first-order valence-electron chi connectivity index (χ1n) is 20.4. The van der Waals surface area contributed by atoms with Crippen molar-refractivity contribution in [2.75, 3.05) is 0 Å². The zero-order chi connectivity index (χ0) is 42.2. The minimum Gasteiger partial charge on any atom is -0.458 e. The number of nitrogens with zero attached hydrogens (tertiary/aromatic N) is 2. The van der Waals surface area contributed by atoms with E-state index in [4.69, 9.17) is 28.7 Å². The molecule has 0 spiro atoms.